The second-order valence-corrected chi connectivity index (χ2v) is 11.6. The van der Waals surface area contributed by atoms with Crippen molar-refractivity contribution in [2.75, 3.05) is 4.90 Å². The molecule has 1 aliphatic rings. The van der Waals surface area contributed by atoms with E-state index in [9.17, 15) is 0 Å². The third-order valence-electron chi connectivity index (χ3n) is 9.12. The van der Waals surface area contributed by atoms with Crippen LogP contribution < -0.4 is 4.90 Å². The van der Waals surface area contributed by atoms with Crippen LogP contribution in [-0.4, -0.2) is 9.55 Å². The van der Waals surface area contributed by atoms with Crippen molar-refractivity contribution in [3.8, 4) is 27.9 Å². The fourth-order valence-corrected chi connectivity index (χ4v) is 7.09. The lowest BCUT2D eigenvalue weighted by molar-refractivity contribution is 0.669. The van der Waals surface area contributed by atoms with Gasteiger partial charge >= 0.3 is 0 Å². The number of rotatable bonds is 2. The number of hydrogen-bond acceptors (Lipinski definition) is 3. The highest BCUT2D eigenvalue weighted by Gasteiger charge is 2.29. The molecule has 0 unspecified atom stereocenters. The Hall–Kier alpha value is -6.13. The van der Waals surface area contributed by atoms with Crippen LogP contribution in [0.3, 0.4) is 0 Å². The van der Waals surface area contributed by atoms with E-state index in [-0.39, 0.29) is 0 Å². The Morgan fingerprint density at radius 1 is 0.489 bits per heavy atom. The van der Waals surface area contributed by atoms with Crippen LogP contribution in [0.15, 0.2) is 156 Å². The standard InChI is InChI=1S/C41H25N3O/c1-2-13-30-26(10-1)20-22-35-40(30)44-37-18-7-4-15-32(37)31-14-3-6-17-36(31)43(41(44)42-35)29-12-9-11-27(24-29)28-21-23-39-34(25-28)33-16-5-8-19-38(33)45-39/h1-25H. The van der Waals surface area contributed by atoms with Crippen LogP contribution in [0.1, 0.15) is 0 Å². The Bertz CT molecular complexity index is 2630. The van der Waals surface area contributed by atoms with Gasteiger partial charge in [0.25, 0.3) is 0 Å². The van der Waals surface area contributed by atoms with Crippen LogP contribution >= 0.6 is 0 Å². The van der Waals surface area contributed by atoms with Crippen LogP contribution in [0.5, 0.6) is 0 Å². The van der Waals surface area contributed by atoms with Crippen molar-refractivity contribution in [3.05, 3.63) is 152 Å². The summed E-state index contributed by atoms with van der Waals surface area (Å²) in [6, 6.07) is 53.7. The topological polar surface area (TPSA) is 34.2 Å². The molecule has 0 fully saturated rings. The second-order valence-electron chi connectivity index (χ2n) is 11.6. The van der Waals surface area contributed by atoms with Crippen LogP contribution in [0.4, 0.5) is 17.3 Å². The highest BCUT2D eigenvalue weighted by atomic mass is 16.3. The molecule has 1 aliphatic heterocycles. The first kappa shape index (κ1) is 24.3. The van der Waals surface area contributed by atoms with Gasteiger partial charge < -0.3 is 4.42 Å². The summed E-state index contributed by atoms with van der Waals surface area (Å²) in [5.41, 5.74) is 11.8. The van der Waals surface area contributed by atoms with Crippen molar-refractivity contribution >= 4 is 61.1 Å². The maximum absolute atomic E-state index is 6.13. The van der Waals surface area contributed by atoms with Gasteiger partial charge in [-0.3, -0.25) is 9.47 Å². The number of benzene rings is 7. The third-order valence-corrected chi connectivity index (χ3v) is 9.12. The first-order valence-corrected chi connectivity index (χ1v) is 15.2. The van der Waals surface area contributed by atoms with Gasteiger partial charge in [0.15, 0.2) is 0 Å². The van der Waals surface area contributed by atoms with E-state index in [2.05, 4.69) is 149 Å². The van der Waals surface area contributed by atoms with E-state index in [1.165, 1.54) is 21.9 Å². The fraction of sp³-hybridized carbons (Fsp3) is 0. The third kappa shape index (κ3) is 3.51. The van der Waals surface area contributed by atoms with E-state index < -0.39 is 0 Å². The Kier molecular flexibility index (Phi) is 4.96. The maximum Gasteiger partial charge on any atom is 0.220 e. The summed E-state index contributed by atoms with van der Waals surface area (Å²) in [5.74, 6) is 0.868. The summed E-state index contributed by atoms with van der Waals surface area (Å²) < 4.78 is 8.48. The first-order valence-electron chi connectivity index (χ1n) is 15.2. The molecule has 0 bridgehead atoms. The van der Waals surface area contributed by atoms with Gasteiger partial charge in [-0.05, 0) is 65.0 Å². The predicted octanol–water partition coefficient (Wildman–Crippen LogP) is 11.2. The summed E-state index contributed by atoms with van der Waals surface area (Å²) in [5, 5.41) is 4.63. The number of para-hydroxylation sites is 3. The molecule has 7 aromatic carbocycles. The maximum atomic E-state index is 6.13. The van der Waals surface area contributed by atoms with E-state index in [0.717, 1.165) is 67.1 Å². The lowest BCUT2D eigenvalue weighted by Gasteiger charge is -2.25. The summed E-state index contributed by atoms with van der Waals surface area (Å²) >= 11 is 0. The Morgan fingerprint density at radius 3 is 2.11 bits per heavy atom. The Balaban J connectivity index is 1.25. The van der Waals surface area contributed by atoms with Crippen molar-refractivity contribution in [2.24, 2.45) is 0 Å². The highest BCUT2D eigenvalue weighted by Crippen LogP contribution is 2.48. The normalized spacial score (nSPS) is 12.4. The highest BCUT2D eigenvalue weighted by molar-refractivity contribution is 6.09. The minimum absolute atomic E-state index is 0.868. The van der Waals surface area contributed by atoms with Gasteiger partial charge in [-0.15, -0.1) is 0 Å². The SMILES string of the molecule is c1cc(-c2ccc3oc4ccccc4c3c2)cc(N2c3ccccc3-c3ccccc3-n3c2nc2ccc4ccccc4c23)c1. The number of anilines is 3. The number of hydrogen-bond donors (Lipinski definition) is 0. The molecule has 0 N–H and O–H groups in total. The fourth-order valence-electron chi connectivity index (χ4n) is 7.09. The largest absolute Gasteiger partial charge is 0.456 e. The average molecular weight is 576 g/mol. The van der Waals surface area contributed by atoms with Crippen molar-refractivity contribution in [1.82, 2.24) is 9.55 Å². The summed E-state index contributed by atoms with van der Waals surface area (Å²) in [4.78, 5) is 7.68. The zero-order valence-electron chi connectivity index (χ0n) is 24.2. The van der Waals surface area contributed by atoms with Gasteiger partial charge in [-0.1, -0.05) is 103 Å². The summed E-state index contributed by atoms with van der Waals surface area (Å²) in [6.07, 6.45) is 0. The van der Waals surface area contributed by atoms with Crippen LogP contribution in [0.25, 0.3) is 71.7 Å². The number of fused-ring (bicyclic) bond motifs is 12. The molecule has 0 saturated carbocycles. The zero-order chi connectivity index (χ0) is 29.5. The molecule has 0 saturated heterocycles. The van der Waals surface area contributed by atoms with Crippen LogP contribution in [0.2, 0.25) is 0 Å². The van der Waals surface area contributed by atoms with Gasteiger partial charge in [0.1, 0.15) is 11.2 Å². The number of nitrogens with zero attached hydrogens (tertiary/aromatic N) is 3. The molecule has 0 aliphatic carbocycles. The molecule has 4 nitrogen and oxygen atoms in total. The molecule has 45 heavy (non-hydrogen) atoms. The molecule has 3 heterocycles. The Labute approximate surface area is 259 Å². The quantitative estimate of drug-likeness (QED) is 0.206. The average Bonchev–Trinajstić information content (AvgIpc) is 3.64. The minimum Gasteiger partial charge on any atom is -0.456 e. The first-order chi connectivity index (χ1) is 22.3. The molecule has 2 aromatic heterocycles. The van der Waals surface area contributed by atoms with E-state index in [0.29, 0.717) is 0 Å². The van der Waals surface area contributed by atoms with E-state index >= 15 is 0 Å². The molecule has 9 aromatic rings. The molecule has 4 heteroatoms. The minimum atomic E-state index is 0.868. The molecule has 10 rings (SSSR count). The van der Waals surface area contributed by atoms with Gasteiger partial charge in [0, 0.05) is 33.0 Å². The zero-order valence-corrected chi connectivity index (χ0v) is 24.2. The molecule has 0 radical (unpaired) electrons. The molecular formula is C41H25N3O. The van der Waals surface area contributed by atoms with Crippen molar-refractivity contribution in [2.45, 2.75) is 0 Å². The van der Waals surface area contributed by atoms with Gasteiger partial charge in [-0.25, -0.2) is 4.98 Å². The van der Waals surface area contributed by atoms with E-state index in [4.69, 9.17) is 9.40 Å². The molecule has 0 amide bonds. The van der Waals surface area contributed by atoms with Crippen LogP contribution in [0, 0.1) is 0 Å². The van der Waals surface area contributed by atoms with Crippen molar-refractivity contribution in [3.63, 3.8) is 0 Å². The van der Waals surface area contributed by atoms with Gasteiger partial charge in [0.05, 0.1) is 22.4 Å². The lowest BCUT2D eigenvalue weighted by atomic mass is 10.00. The molecule has 0 atom stereocenters. The number of imidazole rings is 1. The van der Waals surface area contributed by atoms with Crippen molar-refractivity contribution < 1.29 is 4.42 Å². The summed E-state index contributed by atoms with van der Waals surface area (Å²) in [7, 11) is 0. The molecular weight excluding hydrogens is 550 g/mol. The molecule has 210 valence electrons. The van der Waals surface area contributed by atoms with Crippen LogP contribution in [-0.2, 0) is 0 Å². The Morgan fingerprint density at radius 2 is 1.20 bits per heavy atom. The van der Waals surface area contributed by atoms with Gasteiger partial charge in [-0.2, -0.15) is 0 Å². The summed E-state index contributed by atoms with van der Waals surface area (Å²) in [6.45, 7) is 0. The van der Waals surface area contributed by atoms with E-state index in [1.54, 1.807) is 0 Å². The number of aromatic nitrogens is 2. The lowest BCUT2D eigenvalue weighted by Crippen LogP contribution is -2.14. The van der Waals surface area contributed by atoms with Gasteiger partial charge in [0.2, 0.25) is 5.95 Å². The molecule has 0 spiro atoms. The smallest absolute Gasteiger partial charge is 0.220 e. The number of furan rings is 1. The van der Waals surface area contributed by atoms with E-state index in [1.807, 2.05) is 12.1 Å². The van der Waals surface area contributed by atoms with Crippen molar-refractivity contribution in [1.29, 1.82) is 0 Å². The second kappa shape index (κ2) is 9.18. The monoisotopic (exact) mass is 575 g/mol. The predicted molar refractivity (Wildman–Crippen MR) is 185 cm³/mol.